The predicted molar refractivity (Wildman–Crippen MR) is 69.7 cm³/mol. The van der Waals surface area contributed by atoms with Crippen LogP contribution in [0.5, 0.6) is 0 Å². The molecule has 19 heavy (non-hydrogen) atoms. The van der Waals surface area contributed by atoms with E-state index in [0.717, 1.165) is 6.07 Å². The lowest BCUT2D eigenvalue weighted by molar-refractivity contribution is 0.101. The third-order valence-electron chi connectivity index (χ3n) is 2.93. The summed E-state index contributed by atoms with van der Waals surface area (Å²) in [4.78, 5) is 37.9. The summed E-state index contributed by atoms with van der Waals surface area (Å²) >= 11 is 0. The van der Waals surface area contributed by atoms with Crippen LogP contribution < -0.4 is 10.9 Å². The number of para-hydroxylation sites is 2. The molecule has 0 fully saturated rings. The number of carbonyl (C=O) groups is 1. The lowest BCUT2D eigenvalue weighted by Crippen LogP contribution is -2.30. The van der Waals surface area contributed by atoms with Gasteiger partial charge in [-0.1, -0.05) is 12.1 Å². The number of Topliss-reactive ketones (excluding diaryl/α,β-unsaturated/α-hetero) is 1. The zero-order valence-electron chi connectivity index (χ0n) is 10.0. The molecule has 0 saturated carbocycles. The van der Waals surface area contributed by atoms with Gasteiger partial charge < -0.3 is 9.40 Å². The number of benzene rings is 2. The SMILES string of the molecule is CC(=O)c1c2[nH]c3ccccc3oc-2cc(=O)c1=O. The molecule has 5 heteroatoms. The molecule has 0 saturated heterocycles. The highest BCUT2D eigenvalue weighted by Gasteiger charge is 2.21. The Balaban J connectivity index is 2.58. The van der Waals surface area contributed by atoms with Gasteiger partial charge in [-0.2, -0.15) is 0 Å². The first-order valence-corrected chi connectivity index (χ1v) is 5.68. The largest absolute Gasteiger partial charge is 0.453 e. The van der Waals surface area contributed by atoms with Crippen molar-refractivity contribution in [3.05, 3.63) is 56.3 Å². The Morgan fingerprint density at radius 3 is 2.68 bits per heavy atom. The fourth-order valence-corrected chi connectivity index (χ4v) is 2.07. The second kappa shape index (κ2) is 3.91. The summed E-state index contributed by atoms with van der Waals surface area (Å²) in [6, 6.07) is 8.18. The molecular weight excluding hydrogens is 246 g/mol. The highest BCUT2D eigenvalue weighted by Crippen LogP contribution is 2.25. The smallest absolute Gasteiger partial charge is 0.238 e. The summed E-state index contributed by atoms with van der Waals surface area (Å²) in [5.41, 5.74) is -0.252. The molecule has 2 aliphatic rings. The van der Waals surface area contributed by atoms with Crippen LogP contribution in [0.15, 0.2) is 44.3 Å². The summed E-state index contributed by atoms with van der Waals surface area (Å²) in [6.45, 7) is 1.25. The lowest BCUT2D eigenvalue weighted by atomic mass is 10.0. The van der Waals surface area contributed by atoms with Crippen molar-refractivity contribution in [2.45, 2.75) is 6.92 Å². The number of H-pyrrole nitrogens is 1. The number of aromatic amines is 1. The number of nitrogens with one attached hydrogen (secondary N) is 1. The van der Waals surface area contributed by atoms with Gasteiger partial charge in [0.1, 0.15) is 0 Å². The van der Waals surface area contributed by atoms with Gasteiger partial charge in [-0.05, 0) is 19.1 Å². The predicted octanol–water partition coefficient (Wildman–Crippen LogP) is 1.79. The molecule has 5 nitrogen and oxygen atoms in total. The number of rotatable bonds is 1. The van der Waals surface area contributed by atoms with Gasteiger partial charge in [-0.3, -0.25) is 14.4 Å². The highest BCUT2D eigenvalue weighted by atomic mass is 16.3. The van der Waals surface area contributed by atoms with Crippen molar-refractivity contribution in [1.82, 2.24) is 4.98 Å². The van der Waals surface area contributed by atoms with Gasteiger partial charge in [0, 0.05) is 6.07 Å². The minimum Gasteiger partial charge on any atom is -0.453 e. The minimum absolute atomic E-state index is 0.156. The Labute approximate surface area is 106 Å². The van der Waals surface area contributed by atoms with E-state index in [9.17, 15) is 14.4 Å². The Morgan fingerprint density at radius 1 is 1.21 bits per heavy atom. The van der Waals surface area contributed by atoms with Crippen LogP contribution in [0, 0.1) is 0 Å². The summed E-state index contributed by atoms with van der Waals surface area (Å²) in [5, 5.41) is 0. The number of fused-ring (bicyclic) bond motifs is 2. The molecule has 1 aliphatic carbocycles. The Bertz CT molecular complexity index is 888. The monoisotopic (exact) mass is 255 g/mol. The molecule has 1 N–H and O–H groups in total. The minimum atomic E-state index is -0.804. The van der Waals surface area contributed by atoms with Crippen molar-refractivity contribution in [1.29, 1.82) is 0 Å². The fraction of sp³-hybridized carbons (Fsp3) is 0.0714. The summed E-state index contributed by atoms with van der Waals surface area (Å²) in [7, 11) is 0. The number of carbonyl (C=O) groups excluding carboxylic acids is 1. The molecule has 94 valence electrons. The summed E-state index contributed by atoms with van der Waals surface area (Å²) < 4.78 is 5.55. The Kier molecular flexibility index (Phi) is 2.35. The van der Waals surface area contributed by atoms with E-state index in [0.29, 0.717) is 11.1 Å². The molecular formula is C14H9NO4. The van der Waals surface area contributed by atoms with Crippen molar-refractivity contribution in [3.8, 4) is 11.5 Å². The van der Waals surface area contributed by atoms with Crippen molar-refractivity contribution in [2.24, 2.45) is 0 Å². The van der Waals surface area contributed by atoms with Crippen LogP contribution in [0.3, 0.4) is 0 Å². The van der Waals surface area contributed by atoms with Crippen LogP contribution in [-0.2, 0) is 0 Å². The van der Waals surface area contributed by atoms with Crippen LogP contribution in [0.1, 0.15) is 17.3 Å². The van der Waals surface area contributed by atoms with Crippen molar-refractivity contribution in [3.63, 3.8) is 0 Å². The number of hydrogen-bond acceptors (Lipinski definition) is 4. The summed E-state index contributed by atoms with van der Waals surface area (Å²) in [5.74, 6) is -0.261. The van der Waals surface area contributed by atoms with E-state index in [1.165, 1.54) is 6.92 Å². The maximum absolute atomic E-state index is 11.8. The molecule has 0 bridgehead atoms. The van der Waals surface area contributed by atoms with Gasteiger partial charge in [0.2, 0.25) is 10.9 Å². The number of hydrogen-bond donors (Lipinski definition) is 1. The van der Waals surface area contributed by atoms with Crippen LogP contribution in [-0.4, -0.2) is 10.8 Å². The molecule has 0 spiro atoms. The topological polar surface area (TPSA) is 80.1 Å². The molecule has 3 rings (SSSR count). The van der Waals surface area contributed by atoms with Gasteiger partial charge in [0.25, 0.3) is 0 Å². The van der Waals surface area contributed by atoms with E-state index in [2.05, 4.69) is 4.98 Å². The third kappa shape index (κ3) is 1.67. The first kappa shape index (κ1) is 11.4. The average molecular weight is 255 g/mol. The molecule has 1 aromatic carbocycles. The Hall–Kier alpha value is -2.69. The molecule has 0 amide bonds. The molecule has 1 heterocycles. The highest BCUT2D eigenvalue weighted by molar-refractivity contribution is 6.00. The van der Waals surface area contributed by atoms with Crippen molar-refractivity contribution < 1.29 is 9.21 Å². The van der Waals surface area contributed by atoms with Crippen LogP contribution >= 0.6 is 0 Å². The first-order valence-electron chi connectivity index (χ1n) is 5.68. The molecule has 0 unspecified atom stereocenters. The zero-order chi connectivity index (χ0) is 13.6. The average Bonchev–Trinajstić information content (AvgIpc) is 2.37. The number of ketones is 1. The maximum Gasteiger partial charge on any atom is 0.238 e. The first-order chi connectivity index (χ1) is 9.08. The summed E-state index contributed by atoms with van der Waals surface area (Å²) in [6.07, 6.45) is 0. The second-order valence-electron chi connectivity index (χ2n) is 4.23. The lowest BCUT2D eigenvalue weighted by Gasteiger charge is -2.09. The number of aromatic nitrogens is 1. The van der Waals surface area contributed by atoms with Crippen LogP contribution in [0.4, 0.5) is 0 Å². The quantitative estimate of drug-likeness (QED) is 0.408. The Morgan fingerprint density at radius 2 is 1.95 bits per heavy atom. The van der Waals surface area contributed by atoms with Gasteiger partial charge >= 0.3 is 0 Å². The van der Waals surface area contributed by atoms with Crippen molar-refractivity contribution >= 4 is 16.9 Å². The van der Waals surface area contributed by atoms with Crippen LogP contribution in [0.2, 0.25) is 0 Å². The molecule has 0 atom stereocenters. The van der Waals surface area contributed by atoms with Crippen LogP contribution in [0.25, 0.3) is 22.6 Å². The fourth-order valence-electron chi connectivity index (χ4n) is 2.07. The standard InChI is InChI=1S/C14H9NO4/c1-7(16)12-13-11(6-9(17)14(12)18)19-10-5-3-2-4-8(10)15-13/h2-6,15H,1H3. The van der Waals surface area contributed by atoms with Gasteiger partial charge in [0.15, 0.2) is 17.1 Å². The molecule has 1 aliphatic heterocycles. The maximum atomic E-state index is 11.8. The molecule has 1 aromatic rings. The molecule has 0 aromatic heterocycles. The van der Waals surface area contributed by atoms with E-state index >= 15 is 0 Å². The van der Waals surface area contributed by atoms with E-state index in [1.54, 1.807) is 24.3 Å². The van der Waals surface area contributed by atoms with E-state index in [1.807, 2.05) is 0 Å². The van der Waals surface area contributed by atoms with Gasteiger partial charge in [-0.25, -0.2) is 0 Å². The third-order valence-corrected chi connectivity index (χ3v) is 2.93. The zero-order valence-corrected chi connectivity index (χ0v) is 10.0. The van der Waals surface area contributed by atoms with E-state index < -0.39 is 16.6 Å². The van der Waals surface area contributed by atoms with E-state index in [-0.39, 0.29) is 17.0 Å². The van der Waals surface area contributed by atoms with Gasteiger partial charge in [0.05, 0.1) is 16.8 Å². The second-order valence-corrected chi connectivity index (χ2v) is 4.23. The van der Waals surface area contributed by atoms with Crippen molar-refractivity contribution in [2.75, 3.05) is 0 Å². The normalized spacial score (nSPS) is 11.0. The molecule has 0 radical (unpaired) electrons. The van der Waals surface area contributed by atoms with Gasteiger partial charge in [-0.15, -0.1) is 0 Å². The van der Waals surface area contributed by atoms with E-state index in [4.69, 9.17) is 4.42 Å².